The molecule has 24 heavy (non-hydrogen) atoms. The number of aliphatic hydroxyl groups is 2. The minimum absolute atomic E-state index is 0.0832. The van der Waals surface area contributed by atoms with E-state index < -0.39 is 42.2 Å². The van der Waals surface area contributed by atoms with E-state index in [-0.39, 0.29) is 17.7 Å². The second-order valence-corrected chi connectivity index (χ2v) is 5.76. The zero-order valence-electron chi connectivity index (χ0n) is 12.3. The van der Waals surface area contributed by atoms with E-state index in [1.165, 1.54) is 12.3 Å². The Bertz CT molecular complexity index is 642. The van der Waals surface area contributed by atoms with Gasteiger partial charge >= 0.3 is 133 Å². The Kier molecular flexibility index (Phi) is 6.29. The van der Waals surface area contributed by atoms with Crippen LogP contribution < -0.4 is 16.9 Å². The van der Waals surface area contributed by atoms with Crippen molar-refractivity contribution >= 4 is 27.8 Å². The molecule has 0 spiro atoms. The molecule has 1 fully saturated rings. The van der Waals surface area contributed by atoms with Crippen molar-refractivity contribution in [3.8, 4) is 0 Å². The van der Waals surface area contributed by atoms with Crippen molar-refractivity contribution in [1.29, 1.82) is 0 Å². The van der Waals surface area contributed by atoms with Crippen LogP contribution in [-0.2, 0) is 14.3 Å². The van der Waals surface area contributed by atoms with Gasteiger partial charge in [-0.15, -0.1) is 0 Å². The van der Waals surface area contributed by atoms with Gasteiger partial charge in [0.25, 0.3) is 0 Å². The molecule has 2 heterocycles. The third-order valence-corrected chi connectivity index (χ3v) is 4.18. The van der Waals surface area contributed by atoms with Crippen LogP contribution in [0.25, 0.3) is 0 Å². The summed E-state index contributed by atoms with van der Waals surface area (Å²) < 4.78 is 11.3. The van der Waals surface area contributed by atoms with Crippen molar-refractivity contribution in [3.63, 3.8) is 0 Å². The number of nitrogens with zero attached hydrogens (tertiary/aromatic N) is 2. The van der Waals surface area contributed by atoms with E-state index >= 15 is 0 Å². The molecule has 0 unspecified atom stereocenters. The quantitative estimate of drug-likeness (QED) is 0.187. The number of anilines is 1. The average Bonchev–Trinajstić information content (AvgIpc) is 2.86. The number of hydrogen-bond donors (Lipinski definition) is 5. The molecule has 1 aliphatic rings. The SMILES string of the molecule is N[C@H](C[Se])C(=O)OC[C@H]1O[C@@H](n2ccc(NO)nc2=O)[C@H](O)[C@@H]1O. The molecule has 0 saturated carbocycles. The zero-order valence-corrected chi connectivity index (χ0v) is 14.0. The summed E-state index contributed by atoms with van der Waals surface area (Å²) in [7, 11) is 0. The summed E-state index contributed by atoms with van der Waals surface area (Å²) >= 11 is 2.60. The predicted octanol–water partition coefficient (Wildman–Crippen LogP) is -2.88. The van der Waals surface area contributed by atoms with Crippen LogP contribution >= 0.6 is 0 Å². The Morgan fingerprint density at radius 2 is 2.25 bits per heavy atom. The van der Waals surface area contributed by atoms with Gasteiger partial charge in [0.05, 0.1) is 0 Å². The first kappa shape index (κ1) is 18.8. The number of carbonyl (C=O) groups is 1. The van der Waals surface area contributed by atoms with E-state index in [4.69, 9.17) is 20.4 Å². The number of ether oxygens (including phenoxy) is 2. The normalized spacial score (nSPS) is 27.7. The molecular weight excluding hydrogens is 391 g/mol. The molecule has 11 nitrogen and oxygen atoms in total. The van der Waals surface area contributed by atoms with Crippen molar-refractivity contribution in [2.75, 3.05) is 12.1 Å². The molecule has 6 N–H and O–H groups in total. The van der Waals surface area contributed by atoms with E-state index in [1.807, 2.05) is 0 Å². The van der Waals surface area contributed by atoms with Gasteiger partial charge in [-0.3, -0.25) is 10.7 Å². The van der Waals surface area contributed by atoms with Crippen LogP contribution in [0.4, 0.5) is 5.82 Å². The Labute approximate surface area is 144 Å². The third kappa shape index (κ3) is 3.92. The van der Waals surface area contributed by atoms with E-state index in [1.54, 1.807) is 5.48 Å². The fourth-order valence-electron chi connectivity index (χ4n) is 2.10. The van der Waals surface area contributed by atoms with Crippen LogP contribution in [0.3, 0.4) is 0 Å². The van der Waals surface area contributed by atoms with Crippen LogP contribution in [0.5, 0.6) is 0 Å². The number of hydrogen-bond acceptors (Lipinski definition) is 10. The van der Waals surface area contributed by atoms with Gasteiger partial charge in [-0.05, 0) is 0 Å². The van der Waals surface area contributed by atoms with Crippen LogP contribution in [0.1, 0.15) is 6.23 Å². The molecular formula is C12H17N4O7Se. The standard InChI is InChI=1S/C12H17N4O7Se/c13-5(4-24)11(19)22-3-6-8(17)9(18)10(23-6)16-2-1-7(15-21)14-12(16)20/h1-2,5-6,8-10,17-18,21H,3-4,13H2,(H,14,15,20)/t5-,6-,8-,9-,10-/m1/s1. The van der Waals surface area contributed by atoms with E-state index in [2.05, 4.69) is 21.0 Å². The Morgan fingerprint density at radius 1 is 1.54 bits per heavy atom. The molecule has 1 saturated heterocycles. The molecule has 0 aromatic carbocycles. The van der Waals surface area contributed by atoms with Gasteiger partial charge in [0.15, 0.2) is 0 Å². The molecule has 1 aromatic rings. The van der Waals surface area contributed by atoms with Gasteiger partial charge in [-0.25, -0.2) is 0 Å². The predicted molar refractivity (Wildman–Crippen MR) is 79.3 cm³/mol. The summed E-state index contributed by atoms with van der Waals surface area (Å²) in [6.07, 6.45) is -3.84. The monoisotopic (exact) mass is 409 g/mol. The van der Waals surface area contributed by atoms with Gasteiger partial charge in [-0.2, -0.15) is 0 Å². The zero-order chi connectivity index (χ0) is 17.9. The molecule has 5 atom stereocenters. The first-order chi connectivity index (χ1) is 11.4. The first-order valence-corrected chi connectivity index (χ1v) is 8.11. The van der Waals surface area contributed by atoms with E-state index in [0.717, 1.165) is 4.57 Å². The van der Waals surface area contributed by atoms with Gasteiger partial charge in [0.2, 0.25) is 0 Å². The Balaban J connectivity index is 2.07. The molecule has 12 heteroatoms. The molecule has 0 amide bonds. The topological polar surface area (TPSA) is 169 Å². The second kappa shape index (κ2) is 8.03. The van der Waals surface area contributed by atoms with Crippen molar-refractivity contribution in [1.82, 2.24) is 9.55 Å². The van der Waals surface area contributed by atoms with Gasteiger partial charge < -0.3 is 0 Å². The summed E-state index contributed by atoms with van der Waals surface area (Å²) in [6.45, 7) is -0.334. The third-order valence-electron chi connectivity index (χ3n) is 3.43. The number of rotatable bonds is 6. The van der Waals surface area contributed by atoms with E-state index in [9.17, 15) is 19.8 Å². The fourth-order valence-corrected chi connectivity index (χ4v) is 2.39. The van der Waals surface area contributed by atoms with Crippen molar-refractivity contribution < 1.29 is 29.7 Å². The van der Waals surface area contributed by atoms with Crippen LogP contribution in [-0.4, -0.2) is 77.9 Å². The maximum absolute atomic E-state index is 11.9. The van der Waals surface area contributed by atoms with Gasteiger partial charge in [0, 0.05) is 0 Å². The number of aromatic nitrogens is 2. The second-order valence-electron chi connectivity index (χ2n) is 5.06. The maximum atomic E-state index is 11.9. The summed E-state index contributed by atoms with van der Waals surface area (Å²) in [5.74, 6) is -0.764. The molecule has 2 rings (SSSR count). The molecule has 0 bridgehead atoms. The van der Waals surface area contributed by atoms with Crippen LogP contribution in [0.15, 0.2) is 17.1 Å². The van der Waals surface area contributed by atoms with Crippen molar-refractivity contribution in [3.05, 3.63) is 22.7 Å². The number of nitrogens with one attached hydrogen (secondary N) is 1. The van der Waals surface area contributed by atoms with Crippen molar-refractivity contribution in [2.45, 2.75) is 35.9 Å². The summed E-state index contributed by atoms with van der Waals surface area (Å²) in [5.41, 5.74) is 6.39. The minimum atomic E-state index is -1.44. The Morgan fingerprint density at radius 3 is 2.83 bits per heavy atom. The fraction of sp³-hybridized carbons (Fsp3) is 0.583. The number of carbonyl (C=O) groups excluding carboxylic acids is 1. The van der Waals surface area contributed by atoms with Gasteiger partial charge in [0.1, 0.15) is 0 Å². The first-order valence-electron chi connectivity index (χ1n) is 6.90. The molecule has 1 radical (unpaired) electrons. The average molecular weight is 408 g/mol. The Hall–Kier alpha value is -1.53. The summed E-state index contributed by atoms with van der Waals surface area (Å²) in [5, 5.41) is 29.0. The summed E-state index contributed by atoms with van der Waals surface area (Å²) in [4.78, 5) is 26.9. The molecule has 0 aliphatic carbocycles. The van der Waals surface area contributed by atoms with Crippen LogP contribution in [0.2, 0.25) is 5.32 Å². The number of esters is 1. The van der Waals surface area contributed by atoms with E-state index in [0.29, 0.717) is 0 Å². The van der Waals surface area contributed by atoms with Crippen molar-refractivity contribution in [2.24, 2.45) is 5.73 Å². The molecule has 1 aromatic heterocycles. The number of nitrogens with two attached hydrogens (primary N) is 1. The summed E-state index contributed by atoms with van der Waals surface area (Å²) in [6, 6.07) is 0.433. The number of aliphatic hydroxyl groups excluding tert-OH is 2. The molecule has 133 valence electrons. The van der Waals surface area contributed by atoms with Gasteiger partial charge in [-0.1, -0.05) is 0 Å². The van der Waals surface area contributed by atoms with Crippen LogP contribution in [0, 0.1) is 0 Å². The molecule has 1 aliphatic heterocycles.